The van der Waals surface area contributed by atoms with Crippen LogP contribution in [0.15, 0.2) is 33.4 Å². The van der Waals surface area contributed by atoms with Crippen LogP contribution in [0.5, 0.6) is 0 Å². The number of fused-ring (bicyclic) bond motifs is 4. The molecule has 4 aromatic rings. The zero-order valence-corrected chi connectivity index (χ0v) is 17.5. The number of ketones is 2. The van der Waals surface area contributed by atoms with Crippen molar-refractivity contribution in [3.05, 3.63) is 49.0 Å². The van der Waals surface area contributed by atoms with Crippen LogP contribution < -0.4 is 0 Å². The number of carbonyl (C=O) groups is 2. The van der Waals surface area contributed by atoms with Gasteiger partial charge in [0.25, 0.3) is 0 Å². The summed E-state index contributed by atoms with van der Waals surface area (Å²) in [7, 11) is 0. The molecule has 2 nitrogen and oxygen atoms in total. The molecule has 1 aliphatic carbocycles. The van der Waals surface area contributed by atoms with Gasteiger partial charge in [-0.2, -0.15) is 0 Å². The van der Waals surface area contributed by atoms with Crippen LogP contribution in [0.1, 0.15) is 25.2 Å². The zero-order valence-electron chi connectivity index (χ0n) is 10.9. The maximum absolute atomic E-state index is 12.4. The summed E-state index contributed by atoms with van der Waals surface area (Å²) in [5, 5.41) is 3.58. The van der Waals surface area contributed by atoms with Crippen LogP contribution >= 0.6 is 11.3 Å². The molecule has 0 radical (unpaired) electrons. The van der Waals surface area contributed by atoms with Gasteiger partial charge in [0.05, 0.1) is 0 Å². The van der Waals surface area contributed by atoms with Crippen LogP contribution in [-0.4, -0.2) is 61.0 Å². The van der Waals surface area contributed by atoms with E-state index >= 15 is 0 Å². The Bertz CT molecular complexity index is 1090. The van der Waals surface area contributed by atoms with Gasteiger partial charge in [0.15, 0.2) is 0 Å². The average Bonchev–Trinajstić information content (AvgIpc) is 3.24. The molecular formula is C16H6O2SSe2Te. The Morgan fingerprint density at radius 3 is 2.59 bits per heavy atom. The van der Waals surface area contributed by atoms with Crippen molar-refractivity contribution >= 4 is 93.7 Å². The molecule has 4 aromatic heterocycles. The summed E-state index contributed by atoms with van der Waals surface area (Å²) < 4.78 is 7.53. The predicted molar refractivity (Wildman–Crippen MR) is 93.2 cm³/mol. The number of hydrogen-bond donors (Lipinski definition) is 0. The van der Waals surface area contributed by atoms with Crippen LogP contribution in [0.2, 0.25) is 0 Å². The van der Waals surface area contributed by atoms with Crippen molar-refractivity contribution in [1.29, 1.82) is 0 Å². The van der Waals surface area contributed by atoms with Crippen LogP contribution in [0.25, 0.3) is 21.4 Å². The summed E-state index contributed by atoms with van der Waals surface area (Å²) in [5.74, 6) is -0.179. The Balaban J connectivity index is 1.66. The first-order valence-corrected chi connectivity index (χ1v) is 13.3. The third-order valence-corrected chi connectivity index (χ3v) is 14.3. The van der Waals surface area contributed by atoms with Gasteiger partial charge in [0.2, 0.25) is 0 Å². The van der Waals surface area contributed by atoms with Gasteiger partial charge >= 0.3 is 152 Å². The molecule has 4 heterocycles. The van der Waals surface area contributed by atoms with E-state index in [1.165, 1.54) is 15.8 Å². The fourth-order valence-electron chi connectivity index (χ4n) is 2.67. The second-order valence-electron chi connectivity index (χ2n) is 4.97. The molecule has 5 rings (SSSR count). The fourth-order valence-corrected chi connectivity index (χ4v) is 15.3. The van der Waals surface area contributed by atoms with E-state index in [2.05, 4.69) is 17.1 Å². The van der Waals surface area contributed by atoms with Crippen molar-refractivity contribution in [2.45, 2.75) is 0 Å². The van der Waals surface area contributed by atoms with Crippen LogP contribution in [-0.2, 0) is 0 Å². The molecule has 0 N–H and O–H groups in total. The first-order valence-electron chi connectivity index (χ1n) is 6.49. The van der Waals surface area contributed by atoms with Gasteiger partial charge < -0.3 is 0 Å². The maximum atomic E-state index is 12.4. The van der Waals surface area contributed by atoms with Crippen LogP contribution in [0, 0.1) is 0 Å². The standard InChI is InChI=1S/C16H6O2SSe2Te/c17-13-8(14(18)10-6-19-5-9(10)13)3-7-4-12-16(21-7)15-11(22-12)1-2-20-15/h1-6H. The van der Waals surface area contributed by atoms with E-state index in [1.54, 1.807) is 26.1 Å². The molecule has 0 spiro atoms. The molecule has 0 fully saturated rings. The molecule has 0 saturated heterocycles. The second kappa shape index (κ2) is 5.03. The monoisotopic (exact) mass is 552 g/mol. The van der Waals surface area contributed by atoms with Gasteiger partial charge in [-0.05, 0) is 0 Å². The number of carbonyl (C=O) groups excluding carboxylic acids is 2. The summed E-state index contributed by atoms with van der Waals surface area (Å²) in [4.78, 5) is 27.0. The molecule has 0 saturated carbocycles. The van der Waals surface area contributed by atoms with Crippen molar-refractivity contribution in [1.82, 2.24) is 0 Å². The summed E-state index contributed by atoms with van der Waals surface area (Å²) in [6, 6.07) is 4.58. The fraction of sp³-hybridized carbons (Fsp3) is 0. The summed E-state index contributed by atoms with van der Waals surface area (Å²) in [6.45, 7) is 0. The summed E-state index contributed by atoms with van der Waals surface area (Å²) in [6.07, 6.45) is 1.87. The minimum atomic E-state index is -0.214. The van der Waals surface area contributed by atoms with Crippen molar-refractivity contribution in [2.24, 2.45) is 0 Å². The first-order chi connectivity index (χ1) is 10.7. The molecular weight excluding hydrogens is 542 g/mol. The Labute approximate surface area is 151 Å². The molecule has 6 heteroatoms. The third-order valence-electron chi connectivity index (χ3n) is 3.70. The van der Waals surface area contributed by atoms with E-state index in [4.69, 9.17) is 0 Å². The normalized spacial score (nSPS) is 14.5. The van der Waals surface area contributed by atoms with E-state index in [1.807, 2.05) is 6.08 Å². The van der Waals surface area contributed by atoms with Crippen LogP contribution in [0.3, 0.4) is 0 Å². The van der Waals surface area contributed by atoms with Gasteiger partial charge in [-0.1, -0.05) is 0 Å². The summed E-state index contributed by atoms with van der Waals surface area (Å²) in [5.41, 5.74) is 1.56. The number of rotatable bonds is 1. The van der Waals surface area contributed by atoms with Gasteiger partial charge in [-0.15, -0.1) is 0 Å². The predicted octanol–water partition coefficient (Wildman–Crippen LogP) is 2.69. The molecule has 0 atom stereocenters. The molecule has 0 aromatic carbocycles. The molecule has 1 aliphatic rings. The van der Waals surface area contributed by atoms with Crippen molar-refractivity contribution in [2.75, 3.05) is 0 Å². The average molecular weight is 548 g/mol. The quantitative estimate of drug-likeness (QED) is 0.209. The van der Waals surface area contributed by atoms with Crippen molar-refractivity contribution in [3.8, 4) is 0 Å². The first kappa shape index (κ1) is 14.0. The van der Waals surface area contributed by atoms with Crippen molar-refractivity contribution in [3.63, 3.8) is 0 Å². The molecule has 0 bridgehead atoms. The van der Waals surface area contributed by atoms with Crippen molar-refractivity contribution < 1.29 is 9.59 Å². The Kier molecular flexibility index (Phi) is 3.19. The molecule has 106 valence electrons. The number of Topliss-reactive ketones (excluding diaryl/α,β-unsaturated/α-hetero) is 2. The summed E-state index contributed by atoms with van der Waals surface area (Å²) >= 11 is 1.99. The SMILES string of the molecule is O=C1C(=Cc2cc3[te]c4cc[se]c4c3[se]2)C(=O)c2cscc21. The van der Waals surface area contributed by atoms with E-state index in [0.29, 0.717) is 31.2 Å². The molecule has 22 heavy (non-hydrogen) atoms. The van der Waals surface area contributed by atoms with Gasteiger partial charge in [0, 0.05) is 0 Å². The van der Waals surface area contributed by atoms with E-state index in [-0.39, 0.29) is 46.5 Å². The van der Waals surface area contributed by atoms with Gasteiger partial charge in [-0.3, -0.25) is 0 Å². The van der Waals surface area contributed by atoms with Crippen LogP contribution in [0.4, 0.5) is 0 Å². The number of thiophene rings is 1. The second-order valence-corrected chi connectivity index (χ2v) is 13.0. The Morgan fingerprint density at radius 1 is 1.05 bits per heavy atom. The molecule has 0 amide bonds. The van der Waals surface area contributed by atoms with Gasteiger partial charge in [0.1, 0.15) is 0 Å². The Morgan fingerprint density at radius 2 is 1.82 bits per heavy atom. The number of hydrogen-bond acceptors (Lipinski definition) is 3. The molecule has 0 unspecified atom stereocenters. The van der Waals surface area contributed by atoms with E-state index in [0.717, 1.165) is 0 Å². The topological polar surface area (TPSA) is 34.1 Å². The Hall–Kier alpha value is -0.431. The molecule has 0 aliphatic heterocycles. The van der Waals surface area contributed by atoms with Gasteiger partial charge in [-0.25, -0.2) is 0 Å². The zero-order chi connectivity index (χ0) is 14.8. The third kappa shape index (κ3) is 1.90. The minimum absolute atomic E-state index is 0.0897. The number of allylic oxidation sites excluding steroid dienone is 1. The van der Waals surface area contributed by atoms with E-state index < -0.39 is 0 Å². The van der Waals surface area contributed by atoms with E-state index in [9.17, 15) is 9.59 Å².